The fourth-order valence-corrected chi connectivity index (χ4v) is 2.63. The Bertz CT molecular complexity index is 781. The van der Waals surface area contributed by atoms with E-state index in [-0.39, 0.29) is 5.82 Å². The average Bonchev–Trinajstić information content (AvgIpc) is 2.79. The number of aromatic nitrogens is 3. The van der Waals surface area contributed by atoms with Crippen LogP contribution in [0.5, 0.6) is 0 Å². The van der Waals surface area contributed by atoms with Gasteiger partial charge < -0.3 is 4.98 Å². The number of fused-ring (bicyclic) bond motifs is 1. The zero-order valence-electron chi connectivity index (χ0n) is 10.5. The predicted octanol–water partition coefficient (Wildman–Crippen LogP) is 4.30. The molecule has 0 saturated heterocycles. The molecule has 1 N–H and O–H groups in total. The lowest BCUT2D eigenvalue weighted by molar-refractivity contribution is 0.627. The van der Waals surface area contributed by atoms with Crippen molar-refractivity contribution < 1.29 is 4.39 Å². The molecule has 0 spiro atoms. The quantitative estimate of drug-likeness (QED) is 0.717. The Labute approximate surface area is 124 Å². The molecule has 3 nitrogen and oxygen atoms in total. The van der Waals surface area contributed by atoms with Gasteiger partial charge in [0.25, 0.3) is 0 Å². The van der Waals surface area contributed by atoms with Gasteiger partial charge >= 0.3 is 0 Å². The first-order valence-electron chi connectivity index (χ1n) is 5.99. The van der Waals surface area contributed by atoms with E-state index < -0.39 is 0 Å². The molecule has 0 radical (unpaired) electrons. The Hall–Kier alpha value is -1.65. The normalized spacial score (nSPS) is 11.2. The van der Waals surface area contributed by atoms with Crippen LogP contribution in [0.15, 0.2) is 24.3 Å². The number of imidazole rings is 1. The van der Waals surface area contributed by atoms with E-state index in [0.717, 1.165) is 17.0 Å². The molecule has 1 aromatic carbocycles. The number of nitrogens with zero attached hydrogens (tertiary/aromatic N) is 2. The van der Waals surface area contributed by atoms with Crippen LogP contribution in [-0.4, -0.2) is 15.0 Å². The van der Waals surface area contributed by atoms with Crippen molar-refractivity contribution in [2.45, 2.75) is 13.3 Å². The molecule has 2 heterocycles. The lowest BCUT2D eigenvalue weighted by Crippen LogP contribution is -1.95. The summed E-state index contributed by atoms with van der Waals surface area (Å²) in [7, 11) is 0. The van der Waals surface area contributed by atoms with E-state index in [4.69, 9.17) is 23.2 Å². The van der Waals surface area contributed by atoms with Crippen LogP contribution >= 0.6 is 23.2 Å². The first-order chi connectivity index (χ1) is 9.54. The molecule has 3 rings (SSSR count). The molecule has 0 aliphatic carbocycles. The largest absolute Gasteiger partial charge is 0.340 e. The minimum Gasteiger partial charge on any atom is -0.340 e. The minimum absolute atomic E-state index is 0.269. The van der Waals surface area contributed by atoms with Crippen molar-refractivity contribution in [3.63, 3.8) is 0 Å². The molecule has 20 heavy (non-hydrogen) atoms. The molecule has 0 fully saturated rings. The number of pyridine rings is 1. The summed E-state index contributed by atoms with van der Waals surface area (Å²) in [6.45, 7) is 1.84. The fourth-order valence-electron chi connectivity index (χ4n) is 2.13. The van der Waals surface area contributed by atoms with E-state index in [2.05, 4.69) is 15.0 Å². The molecule has 3 aromatic rings. The summed E-state index contributed by atoms with van der Waals surface area (Å²) in [5, 5.41) is 0.617. The highest BCUT2D eigenvalue weighted by molar-refractivity contribution is 6.36. The second-order valence-electron chi connectivity index (χ2n) is 4.52. The minimum atomic E-state index is -0.269. The third-order valence-electron chi connectivity index (χ3n) is 3.05. The van der Waals surface area contributed by atoms with Crippen molar-refractivity contribution in [2.24, 2.45) is 0 Å². The molecule has 102 valence electrons. The Morgan fingerprint density at radius 1 is 1.10 bits per heavy atom. The van der Waals surface area contributed by atoms with E-state index in [1.807, 2.05) is 6.92 Å². The van der Waals surface area contributed by atoms with Gasteiger partial charge in [-0.1, -0.05) is 35.3 Å². The number of rotatable bonds is 2. The van der Waals surface area contributed by atoms with Crippen molar-refractivity contribution in [3.05, 3.63) is 57.3 Å². The predicted molar refractivity (Wildman–Crippen MR) is 77.9 cm³/mol. The second kappa shape index (κ2) is 5.04. The number of H-pyrrole nitrogens is 1. The first-order valence-corrected chi connectivity index (χ1v) is 6.75. The van der Waals surface area contributed by atoms with Gasteiger partial charge in [-0.2, -0.15) is 0 Å². The Balaban J connectivity index is 2.13. The van der Waals surface area contributed by atoms with Gasteiger partial charge in [0.2, 0.25) is 0 Å². The lowest BCUT2D eigenvalue weighted by atomic mass is 10.1. The summed E-state index contributed by atoms with van der Waals surface area (Å²) in [4.78, 5) is 11.6. The van der Waals surface area contributed by atoms with E-state index in [9.17, 15) is 4.39 Å². The van der Waals surface area contributed by atoms with Crippen LogP contribution in [-0.2, 0) is 6.42 Å². The van der Waals surface area contributed by atoms with Crippen molar-refractivity contribution in [1.82, 2.24) is 15.0 Å². The van der Waals surface area contributed by atoms with Crippen molar-refractivity contribution in [2.75, 3.05) is 0 Å². The van der Waals surface area contributed by atoms with Crippen LogP contribution in [0.4, 0.5) is 4.39 Å². The van der Waals surface area contributed by atoms with Crippen molar-refractivity contribution >= 4 is 34.2 Å². The molecular weight excluding hydrogens is 300 g/mol. The third-order valence-corrected chi connectivity index (χ3v) is 3.64. The van der Waals surface area contributed by atoms with Crippen LogP contribution < -0.4 is 0 Å². The van der Waals surface area contributed by atoms with Gasteiger partial charge in [0.05, 0.1) is 5.52 Å². The number of aryl methyl sites for hydroxylation is 1. The fraction of sp³-hybridized carbons (Fsp3) is 0.143. The number of nitrogens with one attached hydrogen (secondary N) is 1. The highest BCUT2D eigenvalue weighted by atomic mass is 35.5. The zero-order chi connectivity index (χ0) is 14.3. The average molecular weight is 310 g/mol. The SMILES string of the molecule is Cc1nc2c(Cc3ccc(F)cc3)c(Cl)nc(Cl)c2[nH]1. The molecule has 0 bridgehead atoms. The summed E-state index contributed by atoms with van der Waals surface area (Å²) < 4.78 is 12.9. The third kappa shape index (κ3) is 2.37. The topological polar surface area (TPSA) is 41.6 Å². The second-order valence-corrected chi connectivity index (χ2v) is 5.24. The molecule has 0 aliphatic rings. The zero-order valence-corrected chi connectivity index (χ0v) is 12.1. The molecule has 0 unspecified atom stereocenters. The van der Waals surface area contributed by atoms with Crippen LogP contribution in [0.2, 0.25) is 10.3 Å². The summed E-state index contributed by atoms with van der Waals surface area (Å²) in [6, 6.07) is 6.26. The van der Waals surface area contributed by atoms with Gasteiger partial charge in [0.1, 0.15) is 22.3 Å². The molecule has 0 aliphatic heterocycles. The molecule has 0 atom stereocenters. The summed E-state index contributed by atoms with van der Waals surface area (Å²) >= 11 is 12.2. The van der Waals surface area contributed by atoms with Gasteiger partial charge in [-0.15, -0.1) is 0 Å². The first kappa shape index (κ1) is 13.3. The van der Waals surface area contributed by atoms with Gasteiger partial charge in [-0.05, 0) is 24.6 Å². The van der Waals surface area contributed by atoms with E-state index >= 15 is 0 Å². The monoisotopic (exact) mass is 309 g/mol. The standard InChI is InChI=1S/C14H10Cl2FN3/c1-7-18-11-10(6-8-2-4-9(17)5-3-8)13(15)20-14(16)12(11)19-7/h2-5H,6H2,1H3,(H,18,19). The maximum absolute atomic E-state index is 12.9. The number of halogens is 3. The molecule has 0 amide bonds. The summed E-state index contributed by atoms with van der Waals surface area (Å²) in [5.74, 6) is 0.473. The maximum Gasteiger partial charge on any atom is 0.156 e. The Morgan fingerprint density at radius 3 is 2.50 bits per heavy atom. The lowest BCUT2D eigenvalue weighted by Gasteiger charge is -2.06. The van der Waals surface area contributed by atoms with Crippen LogP contribution in [0.1, 0.15) is 17.0 Å². The number of benzene rings is 1. The molecule has 2 aromatic heterocycles. The van der Waals surface area contributed by atoms with Crippen LogP contribution in [0.25, 0.3) is 11.0 Å². The number of hydrogen-bond acceptors (Lipinski definition) is 2. The smallest absolute Gasteiger partial charge is 0.156 e. The Kier molecular flexibility index (Phi) is 3.36. The van der Waals surface area contributed by atoms with Crippen molar-refractivity contribution in [3.8, 4) is 0 Å². The van der Waals surface area contributed by atoms with E-state index in [0.29, 0.717) is 27.8 Å². The van der Waals surface area contributed by atoms with Gasteiger partial charge in [0.15, 0.2) is 5.15 Å². The molecule has 0 saturated carbocycles. The highest BCUT2D eigenvalue weighted by Crippen LogP contribution is 2.29. The van der Waals surface area contributed by atoms with Crippen LogP contribution in [0, 0.1) is 12.7 Å². The number of hydrogen-bond donors (Lipinski definition) is 1. The molecule has 6 heteroatoms. The van der Waals surface area contributed by atoms with Crippen LogP contribution in [0.3, 0.4) is 0 Å². The van der Waals surface area contributed by atoms with Gasteiger partial charge in [-0.3, -0.25) is 0 Å². The van der Waals surface area contributed by atoms with Gasteiger partial charge in [0, 0.05) is 12.0 Å². The highest BCUT2D eigenvalue weighted by Gasteiger charge is 2.15. The Morgan fingerprint density at radius 2 is 1.80 bits per heavy atom. The van der Waals surface area contributed by atoms with Crippen molar-refractivity contribution in [1.29, 1.82) is 0 Å². The van der Waals surface area contributed by atoms with E-state index in [1.54, 1.807) is 12.1 Å². The molecular formula is C14H10Cl2FN3. The summed E-state index contributed by atoms with van der Waals surface area (Å²) in [5.41, 5.74) is 3.09. The maximum atomic E-state index is 12.9. The van der Waals surface area contributed by atoms with E-state index in [1.165, 1.54) is 12.1 Å². The number of aromatic amines is 1. The summed E-state index contributed by atoms with van der Waals surface area (Å²) in [6.07, 6.45) is 0.518. The van der Waals surface area contributed by atoms with Gasteiger partial charge in [-0.25, -0.2) is 14.4 Å².